The van der Waals surface area contributed by atoms with Gasteiger partial charge in [-0.25, -0.2) is 0 Å². The van der Waals surface area contributed by atoms with E-state index < -0.39 is 28.8 Å². The predicted octanol–water partition coefficient (Wildman–Crippen LogP) is 4.71. The highest BCUT2D eigenvalue weighted by molar-refractivity contribution is 6.27. The van der Waals surface area contributed by atoms with Gasteiger partial charge in [-0.1, -0.05) is 29.4 Å². The van der Waals surface area contributed by atoms with Gasteiger partial charge >= 0.3 is 0 Å². The molecule has 2 N–H and O–H groups in total. The Balaban J connectivity index is 0.970. The van der Waals surface area contributed by atoms with E-state index in [4.69, 9.17) is 4.52 Å². The van der Waals surface area contributed by atoms with E-state index in [-0.39, 0.29) is 29.6 Å². The van der Waals surface area contributed by atoms with Crippen LogP contribution in [0.25, 0.3) is 32.9 Å². The number of hydrogen-bond donors (Lipinski definition) is 2. The number of non-ortho nitro benzene ring substituents is 1. The molecule has 13 nitrogen and oxygen atoms in total. The summed E-state index contributed by atoms with van der Waals surface area (Å²) in [5, 5.41) is 24.3. The van der Waals surface area contributed by atoms with E-state index in [0.29, 0.717) is 63.8 Å². The van der Waals surface area contributed by atoms with Crippen molar-refractivity contribution in [1.29, 1.82) is 0 Å². The quantitative estimate of drug-likeness (QED) is 0.0876. The molecule has 0 spiro atoms. The van der Waals surface area contributed by atoms with Gasteiger partial charge in [0.2, 0.25) is 0 Å². The summed E-state index contributed by atoms with van der Waals surface area (Å²) in [7, 11) is 0. The van der Waals surface area contributed by atoms with Crippen molar-refractivity contribution in [3.8, 4) is 11.3 Å². The molecule has 2 aliphatic rings. The summed E-state index contributed by atoms with van der Waals surface area (Å²) < 4.78 is 5.44. The number of nitrogens with one attached hydrogen (secondary N) is 2. The molecule has 7 rings (SSSR count). The van der Waals surface area contributed by atoms with Crippen LogP contribution in [-0.2, 0) is 0 Å². The third-order valence-electron chi connectivity index (χ3n) is 9.10. The summed E-state index contributed by atoms with van der Waals surface area (Å²) in [6.45, 7) is 6.93. The normalized spacial score (nSPS) is 15.4. The van der Waals surface area contributed by atoms with Gasteiger partial charge < -0.3 is 15.2 Å². The number of benzene rings is 4. The second-order valence-electron chi connectivity index (χ2n) is 12.5. The van der Waals surface area contributed by atoms with E-state index in [1.54, 1.807) is 49.4 Å². The van der Waals surface area contributed by atoms with E-state index in [2.05, 4.69) is 15.8 Å². The third-order valence-corrected chi connectivity index (χ3v) is 9.10. The molecule has 0 aliphatic carbocycles. The first-order valence-electron chi connectivity index (χ1n) is 15.9. The van der Waals surface area contributed by atoms with Crippen molar-refractivity contribution in [3.05, 3.63) is 105 Å². The molecule has 2 atom stereocenters. The van der Waals surface area contributed by atoms with Gasteiger partial charge in [-0.3, -0.25) is 39.1 Å². The van der Waals surface area contributed by atoms with Crippen molar-refractivity contribution in [1.82, 2.24) is 25.6 Å². The fourth-order valence-corrected chi connectivity index (χ4v) is 6.77. The fraction of sp³-hybridized carbons (Fsp3) is 0.250. The molecule has 4 aromatic carbocycles. The standard InChI is InChI=1S/C36H32N6O7/c1-19-12-30(49-39-19)24-13-22-6-4-8-26-31(22)28(15-24)35(45)40(33(26)43)20(2)17-37-10-11-38-18-21(3)41-34(44)27-9-5-7-23-14-25(42(47)48)16-29(32(23)27)36(41)46/h4-9,12-16,20-21,37-38H,10-11,17-18H2,1-3H3/t20-,21-/m0/s1. The first-order valence-corrected chi connectivity index (χ1v) is 15.9. The van der Waals surface area contributed by atoms with Gasteiger partial charge in [0.05, 0.1) is 16.2 Å². The molecule has 5 aromatic rings. The number of carbonyl (C=O) groups excluding carboxylic acids is 4. The van der Waals surface area contributed by atoms with Crippen molar-refractivity contribution < 1.29 is 28.6 Å². The number of nitro benzene ring substituents is 1. The molecule has 0 radical (unpaired) electrons. The first-order chi connectivity index (χ1) is 23.5. The highest BCUT2D eigenvalue weighted by atomic mass is 16.6. The molecule has 0 fully saturated rings. The van der Waals surface area contributed by atoms with Crippen LogP contribution in [0, 0.1) is 17.0 Å². The van der Waals surface area contributed by atoms with Gasteiger partial charge in [-0.05, 0) is 55.8 Å². The highest BCUT2D eigenvalue weighted by Gasteiger charge is 2.38. The van der Waals surface area contributed by atoms with Crippen molar-refractivity contribution in [2.24, 2.45) is 0 Å². The van der Waals surface area contributed by atoms with Crippen LogP contribution in [0.15, 0.2) is 71.3 Å². The lowest BCUT2D eigenvalue weighted by Gasteiger charge is -2.32. The Hall–Kier alpha value is -5.79. The van der Waals surface area contributed by atoms with Crippen LogP contribution < -0.4 is 10.6 Å². The van der Waals surface area contributed by atoms with Crippen LogP contribution in [0.1, 0.15) is 61.0 Å². The number of nitrogens with zero attached hydrogens (tertiary/aromatic N) is 4. The van der Waals surface area contributed by atoms with Crippen LogP contribution in [0.5, 0.6) is 0 Å². The largest absolute Gasteiger partial charge is 0.356 e. The summed E-state index contributed by atoms with van der Waals surface area (Å²) in [4.78, 5) is 67.5. The van der Waals surface area contributed by atoms with Gasteiger partial charge in [-0.2, -0.15) is 0 Å². The zero-order chi connectivity index (χ0) is 34.6. The van der Waals surface area contributed by atoms with Crippen molar-refractivity contribution in [3.63, 3.8) is 0 Å². The Morgan fingerprint density at radius 1 is 0.735 bits per heavy atom. The van der Waals surface area contributed by atoms with Gasteiger partial charge in [0, 0.05) is 89.5 Å². The van der Waals surface area contributed by atoms with Crippen LogP contribution in [0.4, 0.5) is 5.69 Å². The summed E-state index contributed by atoms with van der Waals surface area (Å²) >= 11 is 0. The summed E-state index contributed by atoms with van der Waals surface area (Å²) in [6.07, 6.45) is 0. The molecule has 1 aromatic heterocycles. The average Bonchev–Trinajstić information content (AvgIpc) is 3.53. The van der Waals surface area contributed by atoms with Gasteiger partial charge in [0.25, 0.3) is 29.3 Å². The minimum Gasteiger partial charge on any atom is -0.356 e. The summed E-state index contributed by atoms with van der Waals surface area (Å²) in [6, 6.07) is 17.3. The zero-order valence-electron chi connectivity index (χ0n) is 27.0. The molecule has 248 valence electrons. The maximum absolute atomic E-state index is 13.8. The third kappa shape index (κ3) is 5.42. The number of hydrogen-bond acceptors (Lipinski definition) is 10. The predicted molar refractivity (Wildman–Crippen MR) is 180 cm³/mol. The number of aromatic nitrogens is 1. The monoisotopic (exact) mass is 660 g/mol. The average molecular weight is 661 g/mol. The summed E-state index contributed by atoms with van der Waals surface area (Å²) in [5.41, 5.74) is 2.55. The molecule has 0 bridgehead atoms. The van der Waals surface area contributed by atoms with E-state index >= 15 is 0 Å². The smallest absolute Gasteiger partial charge is 0.270 e. The molecular weight excluding hydrogens is 628 g/mol. The lowest BCUT2D eigenvalue weighted by molar-refractivity contribution is -0.384. The minimum absolute atomic E-state index is 0.131. The molecule has 13 heteroatoms. The Labute approximate surface area is 280 Å². The van der Waals surface area contributed by atoms with Gasteiger partial charge in [-0.15, -0.1) is 0 Å². The molecule has 2 aliphatic heterocycles. The van der Waals surface area contributed by atoms with E-state index in [0.717, 1.165) is 16.0 Å². The Morgan fingerprint density at radius 3 is 1.76 bits per heavy atom. The number of imide groups is 2. The molecule has 49 heavy (non-hydrogen) atoms. The van der Waals surface area contributed by atoms with Crippen molar-refractivity contribution in [2.75, 3.05) is 26.2 Å². The van der Waals surface area contributed by atoms with Crippen molar-refractivity contribution >= 4 is 50.9 Å². The Bertz CT molecular complexity index is 2230. The first kappa shape index (κ1) is 31.8. The van der Waals surface area contributed by atoms with Crippen LogP contribution in [0.2, 0.25) is 0 Å². The molecule has 4 amide bonds. The van der Waals surface area contributed by atoms with E-state index in [9.17, 15) is 29.3 Å². The number of aryl methyl sites for hydroxylation is 1. The number of rotatable bonds is 11. The van der Waals surface area contributed by atoms with E-state index in [1.807, 2.05) is 26.0 Å². The van der Waals surface area contributed by atoms with Crippen molar-refractivity contribution in [2.45, 2.75) is 32.9 Å². The number of carbonyl (C=O) groups is 4. The molecule has 0 saturated heterocycles. The lowest BCUT2D eigenvalue weighted by Crippen LogP contribution is -2.51. The maximum atomic E-state index is 13.8. The highest BCUT2D eigenvalue weighted by Crippen LogP contribution is 2.36. The fourth-order valence-electron chi connectivity index (χ4n) is 6.77. The number of nitro groups is 1. The topological polar surface area (TPSA) is 168 Å². The summed E-state index contributed by atoms with van der Waals surface area (Å²) in [5.74, 6) is -1.23. The zero-order valence-corrected chi connectivity index (χ0v) is 27.0. The second-order valence-corrected chi connectivity index (χ2v) is 12.5. The van der Waals surface area contributed by atoms with Crippen LogP contribution in [-0.4, -0.2) is 81.8 Å². The maximum Gasteiger partial charge on any atom is 0.270 e. The molecule has 0 unspecified atom stereocenters. The molecule has 3 heterocycles. The lowest BCUT2D eigenvalue weighted by atomic mass is 9.91. The number of amides is 4. The molecular formula is C36H32N6O7. The van der Waals surface area contributed by atoms with Gasteiger partial charge in [0.15, 0.2) is 5.76 Å². The van der Waals surface area contributed by atoms with E-state index in [1.165, 1.54) is 17.0 Å². The molecule has 0 saturated carbocycles. The Morgan fingerprint density at radius 2 is 1.24 bits per heavy atom. The minimum atomic E-state index is -0.574. The SMILES string of the molecule is Cc1cc(-c2cc3c4c(cccc4c2)C(=O)N([C@@H](C)CNCCNC[C@H](C)N2C(=O)c4cccc5cc([N+](=O)[O-])cc(c45)C2=O)C3=O)on1. The van der Waals surface area contributed by atoms with Crippen LogP contribution >= 0.6 is 0 Å². The van der Waals surface area contributed by atoms with Crippen LogP contribution in [0.3, 0.4) is 0 Å². The van der Waals surface area contributed by atoms with Gasteiger partial charge in [0.1, 0.15) is 0 Å². The second kappa shape index (κ2) is 12.3. The Kier molecular flexibility index (Phi) is 8.01.